The molecule has 0 bridgehead atoms. The second kappa shape index (κ2) is 8.94. The first-order valence-corrected chi connectivity index (χ1v) is 10.1. The summed E-state index contributed by atoms with van der Waals surface area (Å²) in [5.74, 6) is -4.24. The molecule has 1 fully saturated rings. The van der Waals surface area contributed by atoms with Crippen LogP contribution in [-0.2, 0) is 25.2 Å². The largest absolute Gasteiger partial charge is 0.464 e. The average molecular weight is 453 g/mol. The van der Waals surface area contributed by atoms with E-state index in [0.29, 0.717) is 12.8 Å². The quantitative estimate of drug-likeness (QED) is 0.413. The smallest absolute Gasteiger partial charge is 0.451 e. The van der Waals surface area contributed by atoms with Gasteiger partial charge in [0.25, 0.3) is 0 Å². The SMILES string of the molecule is CCOC(=O)[C@@H](OC[C@@H]1CC[C@H](n2cnc3c(N)nc(C(F)(F)F)nc32)O1)P(O)O. The van der Waals surface area contributed by atoms with Gasteiger partial charge in [-0.25, -0.2) is 19.7 Å². The number of nitrogens with two attached hydrogens (primary N) is 1. The minimum atomic E-state index is -4.78. The summed E-state index contributed by atoms with van der Waals surface area (Å²) in [5.41, 5.74) is 5.47. The fourth-order valence-electron chi connectivity index (χ4n) is 2.93. The van der Waals surface area contributed by atoms with E-state index < -0.39 is 50.3 Å². The topological polar surface area (TPSA) is 155 Å². The highest BCUT2D eigenvalue weighted by atomic mass is 31.2. The number of imidazole rings is 1. The Labute approximate surface area is 168 Å². The van der Waals surface area contributed by atoms with Crippen molar-refractivity contribution in [3.8, 4) is 0 Å². The van der Waals surface area contributed by atoms with Crippen LogP contribution in [0.1, 0.15) is 31.8 Å². The van der Waals surface area contributed by atoms with Gasteiger partial charge in [-0.3, -0.25) is 4.57 Å². The number of nitrogen functional groups attached to an aromatic ring is 1. The molecule has 3 atom stereocenters. The van der Waals surface area contributed by atoms with E-state index in [4.69, 9.17) is 19.9 Å². The van der Waals surface area contributed by atoms with Gasteiger partial charge < -0.3 is 29.7 Å². The van der Waals surface area contributed by atoms with Gasteiger partial charge in [0, 0.05) is 0 Å². The normalized spacial score (nSPS) is 20.8. The first kappa shape index (κ1) is 22.6. The Morgan fingerprint density at radius 3 is 2.80 bits per heavy atom. The molecule has 1 aliphatic rings. The molecule has 3 rings (SSSR count). The summed E-state index contributed by atoms with van der Waals surface area (Å²) >= 11 is 0. The van der Waals surface area contributed by atoms with Crippen LogP contribution < -0.4 is 5.73 Å². The predicted molar refractivity (Wildman–Crippen MR) is 95.6 cm³/mol. The second-order valence-corrected chi connectivity index (χ2v) is 7.41. The van der Waals surface area contributed by atoms with Crippen molar-refractivity contribution in [1.82, 2.24) is 19.5 Å². The lowest BCUT2D eigenvalue weighted by molar-refractivity contribution is -0.153. The number of aromatic nitrogens is 4. The van der Waals surface area contributed by atoms with Gasteiger partial charge in [-0.2, -0.15) is 13.2 Å². The minimum Gasteiger partial charge on any atom is -0.464 e. The molecular weight excluding hydrogens is 434 g/mol. The maximum atomic E-state index is 13.0. The molecule has 0 saturated carbocycles. The van der Waals surface area contributed by atoms with Crippen LogP contribution in [-0.4, -0.2) is 60.4 Å². The van der Waals surface area contributed by atoms with Gasteiger partial charge in [0.2, 0.25) is 20.0 Å². The molecule has 166 valence electrons. The van der Waals surface area contributed by atoms with Crippen LogP contribution in [0.2, 0.25) is 0 Å². The van der Waals surface area contributed by atoms with Crippen LogP contribution in [0.25, 0.3) is 11.2 Å². The first-order valence-electron chi connectivity index (χ1n) is 8.79. The number of fused-ring (bicyclic) bond motifs is 1. The Hall–Kier alpha value is -2.12. The zero-order valence-electron chi connectivity index (χ0n) is 15.6. The number of nitrogens with zero attached hydrogens (tertiary/aromatic N) is 4. The van der Waals surface area contributed by atoms with Crippen molar-refractivity contribution in [1.29, 1.82) is 0 Å². The first-order chi connectivity index (χ1) is 14.1. The number of anilines is 1. The maximum absolute atomic E-state index is 13.0. The van der Waals surface area contributed by atoms with Crippen LogP contribution in [0.4, 0.5) is 19.0 Å². The van der Waals surface area contributed by atoms with Crippen molar-refractivity contribution >= 4 is 31.3 Å². The van der Waals surface area contributed by atoms with Gasteiger partial charge in [-0.15, -0.1) is 0 Å². The summed E-state index contributed by atoms with van der Waals surface area (Å²) in [4.78, 5) is 41.1. The fraction of sp³-hybridized carbons (Fsp3) is 0.600. The zero-order chi connectivity index (χ0) is 22.1. The highest BCUT2D eigenvalue weighted by Gasteiger charge is 2.37. The standard InChI is InChI=1S/C15H19F3N5O6P/c1-2-27-12(24)13(30(25)26)28-5-7-3-4-8(29-7)23-6-20-9-10(19)21-14(15(16,17)18)22-11(9)23/h6-8,13,25-26H,2-5H2,1H3,(H2,19,21,22)/t7-,8+,13-/m0/s1. The lowest BCUT2D eigenvalue weighted by atomic mass is 10.2. The molecule has 0 aliphatic carbocycles. The number of esters is 1. The molecule has 1 saturated heterocycles. The lowest BCUT2D eigenvalue weighted by Crippen LogP contribution is -2.29. The number of ether oxygens (including phenoxy) is 3. The number of alkyl halides is 3. The Morgan fingerprint density at radius 2 is 2.17 bits per heavy atom. The van der Waals surface area contributed by atoms with Crippen molar-refractivity contribution in [2.75, 3.05) is 18.9 Å². The van der Waals surface area contributed by atoms with Crippen LogP contribution in [0.5, 0.6) is 0 Å². The Balaban J connectivity index is 1.71. The van der Waals surface area contributed by atoms with Crippen LogP contribution >= 0.6 is 8.38 Å². The average Bonchev–Trinajstić information content (AvgIpc) is 3.27. The predicted octanol–water partition coefficient (Wildman–Crippen LogP) is 1.31. The number of carbonyl (C=O) groups excluding carboxylic acids is 1. The van der Waals surface area contributed by atoms with Gasteiger partial charge in [0.05, 0.1) is 25.6 Å². The van der Waals surface area contributed by atoms with Gasteiger partial charge in [-0.1, -0.05) is 0 Å². The molecule has 4 N–H and O–H groups in total. The van der Waals surface area contributed by atoms with Gasteiger partial charge >= 0.3 is 12.1 Å². The zero-order valence-corrected chi connectivity index (χ0v) is 16.5. The molecule has 3 heterocycles. The Morgan fingerprint density at radius 1 is 1.43 bits per heavy atom. The molecule has 0 amide bonds. The summed E-state index contributed by atoms with van der Waals surface area (Å²) in [7, 11) is -2.73. The Kier molecular flexibility index (Phi) is 6.72. The summed E-state index contributed by atoms with van der Waals surface area (Å²) in [6.45, 7) is 1.45. The highest BCUT2D eigenvalue weighted by Crippen LogP contribution is 2.36. The molecule has 30 heavy (non-hydrogen) atoms. The maximum Gasteiger partial charge on any atom is 0.451 e. The second-order valence-electron chi connectivity index (χ2n) is 6.30. The molecular formula is C15H19F3N5O6P. The van der Waals surface area contributed by atoms with Gasteiger partial charge in [0.15, 0.2) is 11.5 Å². The van der Waals surface area contributed by atoms with Crippen LogP contribution in [0.3, 0.4) is 0 Å². The third kappa shape index (κ3) is 4.78. The molecule has 2 aromatic heterocycles. The highest BCUT2D eigenvalue weighted by molar-refractivity contribution is 7.46. The molecule has 0 unspecified atom stereocenters. The fourth-order valence-corrected chi connectivity index (χ4v) is 3.41. The molecule has 1 aliphatic heterocycles. The molecule has 0 radical (unpaired) electrons. The van der Waals surface area contributed by atoms with Crippen LogP contribution in [0, 0.1) is 0 Å². The van der Waals surface area contributed by atoms with Crippen LogP contribution in [0.15, 0.2) is 6.33 Å². The summed E-state index contributed by atoms with van der Waals surface area (Å²) < 4.78 is 56.0. The number of carbonyl (C=O) groups is 1. The van der Waals surface area contributed by atoms with E-state index in [0.717, 1.165) is 0 Å². The molecule has 2 aromatic rings. The Bertz CT molecular complexity index is 911. The number of hydrogen-bond acceptors (Lipinski definition) is 10. The van der Waals surface area contributed by atoms with E-state index in [2.05, 4.69) is 15.0 Å². The van der Waals surface area contributed by atoms with Crippen molar-refractivity contribution < 1.29 is 42.0 Å². The number of rotatable bonds is 7. The third-order valence-electron chi connectivity index (χ3n) is 4.24. The van der Waals surface area contributed by atoms with E-state index in [1.165, 1.54) is 10.9 Å². The lowest BCUT2D eigenvalue weighted by Gasteiger charge is -2.20. The molecule has 11 nitrogen and oxygen atoms in total. The monoisotopic (exact) mass is 453 g/mol. The van der Waals surface area contributed by atoms with E-state index in [1.807, 2.05) is 0 Å². The van der Waals surface area contributed by atoms with Gasteiger partial charge in [-0.05, 0) is 19.8 Å². The van der Waals surface area contributed by atoms with Crippen molar-refractivity contribution in [3.63, 3.8) is 0 Å². The molecule has 0 aromatic carbocycles. The van der Waals surface area contributed by atoms with Crippen molar-refractivity contribution in [2.45, 2.75) is 44.1 Å². The molecule has 0 spiro atoms. The summed E-state index contributed by atoms with van der Waals surface area (Å²) in [5, 5.41) is 0. The van der Waals surface area contributed by atoms with Crippen molar-refractivity contribution in [2.24, 2.45) is 0 Å². The summed E-state index contributed by atoms with van der Waals surface area (Å²) in [6.07, 6.45) is -3.96. The van der Waals surface area contributed by atoms with Gasteiger partial charge in [0.1, 0.15) is 11.7 Å². The number of hydrogen-bond donors (Lipinski definition) is 3. The van der Waals surface area contributed by atoms with E-state index in [-0.39, 0.29) is 24.4 Å². The van der Waals surface area contributed by atoms with E-state index >= 15 is 0 Å². The minimum absolute atomic E-state index is 0.0138. The third-order valence-corrected chi connectivity index (χ3v) is 5.01. The van der Waals surface area contributed by atoms with E-state index in [9.17, 15) is 27.8 Å². The number of halogens is 3. The summed E-state index contributed by atoms with van der Waals surface area (Å²) in [6, 6.07) is 0. The van der Waals surface area contributed by atoms with E-state index in [1.54, 1.807) is 6.92 Å². The van der Waals surface area contributed by atoms with Crippen molar-refractivity contribution in [3.05, 3.63) is 12.2 Å². The molecule has 15 heteroatoms.